The van der Waals surface area contributed by atoms with Gasteiger partial charge in [-0.05, 0) is 7.05 Å². The number of aliphatic carboxylic acids is 12. The third-order valence-corrected chi connectivity index (χ3v) is 25.2. The van der Waals surface area contributed by atoms with E-state index in [1.54, 1.807) is 85.4 Å². The Balaban J connectivity index is 1.24. The van der Waals surface area contributed by atoms with Crippen LogP contribution in [0.2, 0.25) is 0 Å². The van der Waals surface area contributed by atoms with Crippen LogP contribution in [0.4, 0.5) is 0 Å². The number of amides is 6. The van der Waals surface area contributed by atoms with Crippen LogP contribution in [0.3, 0.4) is 0 Å². The van der Waals surface area contributed by atoms with Crippen LogP contribution in [0.5, 0.6) is 0 Å². The van der Waals surface area contributed by atoms with Gasteiger partial charge in [0.05, 0.1) is 117 Å². The zero-order valence-electron chi connectivity index (χ0n) is 77.2. The lowest BCUT2D eigenvalue weighted by Gasteiger charge is -2.34. The molecule has 7 rings (SSSR count). The number of carbonyl (C=O) groups excluding carboxylic acids is 6. The Kier molecular flexibility index (Phi) is 47.8. The van der Waals surface area contributed by atoms with Gasteiger partial charge >= 0.3 is 71.6 Å². The van der Waals surface area contributed by atoms with Gasteiger partial charge in [-0.25, -0.2) is 0 Å². The second-order valence-electron chi connectivity index (χ2n) is 35.5. The third kappa shape index (κ3) is 42.9. The van der Waals surface area contributed by atoms with Crippen LogP contribution in [0.1, 0.15) is 0 Å². The predicted octanol–water partition coefficient (Wildman–Crippen LogP) is -12.3. The Morgan fingerprint density at radius 1 is 0.170 bits per heavy atom. The molecule has 53 heteroatoms. The maximum atomic E-state index is 16.0. The standard InChI is InChI=1S/C82H139N23O30/c1-83-64-44-104(81(134)62-40-100(65(106)46-84-2-10-88(50-69(110)111)18-26-96(58-77(126)127)27-19-89(11-3-84)51-70(112)113)34-35-101(41-62)66(107)47-85-4-12-90(52-71(114)115)20-28-97(59-78(128)129)29-21-91(13-5-85)53-72(116)117)38-39-105(45-64)82(135)63-42-102(67(108)48-86-6-14-92(54-73(118)119)22-30-98(60-79(130)131)31-23-93(15-7-86)55-74(120)121)36-37-103(43-63)68(109)49-87-8-16-94(56-75(122)123)24-32-99(61-80(132)133)33-25-95(17-9-87)57-76(124)125/h62-64,83H,2-61H2,1H3,(H,110,111)(H,112,113)(H,114,115)(H,116,117)(H,118,119)(H,120,121)(H,122,123)(H,124,125)(H,126,127)(H,128,129)(H,130,131)(H,132,133). The molecule has 0 aromatic carbocycles. The molecule has 762 valence electrons. The van der Waals surface area contributed by atoms with Gasteiger partial charge in [0.15, 0.2) is 0 Å². The lowest BCUT2D eigenvalue weighted by Crippen LogP contribution is -2.52. The van der Waals surface area contributed by atoms with Crippen LogP contribution in [0.25, 0.3) is 0 Å². The predicted molar refractivity (Wildman–Crippen MR) is 474 cm³/mol. The Hall–Kier alpha value is -10.2. The van der Waals surface area contributed by atoms with E-state index < -0.39 is 203 Å². The van der Waals surface area contributed by atoms with Crippen molar-refractivity contribution in [3.8, 4) is 0 Å². The van der Waals surface area contributed by atoms with Crippen molar-refractivity contribution >= 4 is 107 Å². The van der Waals surface area contributed by atoms with Gasteiger partial charge in [-0.2, -0.15) is 0 Å². The molecule has 0 spiro atoms. The van der Waals surface area contributed by atoms with E-state index in [9.17, 15) is 119 Å². The minimum atomic E-state index is -1.23. The molecule has 6 amide bonds. The summed E-state index contributed by atoms with van der Waals surface area (Å²) in [5, 5.41) is 122. The smallest absolute Gasteiger partial charge is 0.317 e. The quantitative estimate of drug-likeness (QED) is 0.0280. The molecular weight excluding hydrogens is 1790 g/mol. The van der Waals surface area contributed by atoms with Gasteiger partial charge in [-0.1, -0.05) is 0 Å². The summed E-state index contributed by atoms with van der Waals surface area (Å²) >= 11 is 0. The van der Waals surface area contributed by atoms with Gasteiger partial charge in [-0.3, -0.25) is 165 Å². The van der Waals surface area contributed by atoms with Crippen molar-refractivity contribution in [3.05, 3.63) is 0 Å². The van der Waals surface area contributed by atoms with Crippen LogP contribution in [0, 0.1) is 11.8 Å². The average molecular weight is 1930 g/mol. The van der Waals surface area contributed by atoms with Gasteiger partial charge in [0.25, 0.3) is 0 Å². The van der Waals surface area contributed by atoms with Gasteiger partial charge in [0.1, 0.15) is 0 Å². The highest BCUT2D eigenvalue weighted by Crippen LogP contribution is 2.22. The van der Waals surface area contributed by atoms with E-state index in [1.165, 1.54) is 29.4 Å². The fourth-order valence-electron chi connectivity index (χ4n) is 17.7. The van der Waals surface area contributed by atoms with Crippen molar-refractivity contribution in [1.82, 2.24) is 113 Å². The van der Waals surface area contributed by atoms with Crippen molar-refractivity contribution in [1.29, 1.82) is 0 Å². The van der Waals surface area contributed by atoms with E-state index in [1.807, 2.05) is 0 Å². The highest BCUT2D eigenvalue weighted by atomic mass is 16.4. The number of nitrogens with zero attached hydrogens (tertiary/aromatic N) is 22. The molecule has 0 bridgehead atoms. The van der Waals surface area contributed by atoms with E-state index in [0.717, 1.165) is 0 Å². The van der Waals surface area contributed by atoms with Crippen molar-refractivity contribution in [2.45, 2.75) is 6.04 Å². The molecule has 0 aromatic rings. The molecule has 7 fully saturated rings. The largest absolute Gasteiger partial charge is 0.480 e. The molecule has 53 nitrogen and oxygen atoms in total. The van der Waals surface area contributed by atoms with Gasteiger partial charge < -0.3 is 96.0 Å². The fraction of sp³-hybridized carbons (Fsp3) is 0.780. The summed E-state index contributed by atoms with van der Waals surface area (Å²) < 4.78 is 0. The van der Waals surface area contributed by atoms with E-state index in [0.29, 0.717) is 0 Å². The number of carboxylic acids is 12. The molecule has 7 aliphatic rings. The van der Waals surface area contributed by atoms with Gasteiger partial charge in [0.2, 0.25) is 35.4 Å². The monoisotopic (exact) mass is 1930 g/mol. The SMILES string of the molecule is CNC1CN(C(=O)C2CN(C(=O)CN3CCN(CC(=O)O)CCN(CC(=O)O)CCN(CC(=O)O)CC3)CCN(C(=O)CN3CCN(CC(=O)O)CCN(CC(=O)O)CCN(CC(=O)O)CC3)C2)CCN(C(=O)C2CN(C(=O)CN3CCN(CC(=O)O)CCN(CC(=O)O)CCN(CC(=O)O)CC3)CCN(C(=O)CN3CCN(CC(=O)O)CCN(CC(=O)O)CCN(CC(=O)O)CC3)C2)C1. The van der Waals surface area contributed by atoms with Crippen molar-refractivity contribution < 1.29 is 148 Å². The molecule has 7 aliphatic heterocycles. The summed E-state index contributed by atoms with van der Waals surface area (Å²) in [7, 11) is 1.60. The van der Waals surface area contributed by atoms with Crippen LogP contribution < -0.4 is 5.32 Å². The van der Waals surface area contributed by atoms with Crippen molar-refractivity contribution in [2.75, 3.05) is 400 Å². The summed E-state index contributed by atoms with van der Waals surface area (Å²) in [5.74, 6) is -19.9. The number of carbonyl (C=O) groups is 18. The number of carboxylic acid groups (broad SMARTS) is 12. The summed E-state index contributed by atoms with van der Waals surface area (Å²) in [5.41, 5.74) is 0. The highest BCUT2D eigenvalue weighted by Gasteiger charge is 2.42. The second kappa shape index (κ2) is 57.7. The maximum absolute atomic E-state index is 16.0. The van der Waals surface area contributed by atoms with Crippen molar-refractivity contribution in [2.24, 2.45) is 11.8 Å². The molecule has 0 saturated carbocycles. The zero-order chi connectivity index (χ0) is 99.0. The number of hydrogen-bond acceptors (Lipinski definition) is 35. The second-order valence-corrected chi connectivity index (χ2v) is 35.5. The first-order valence-corrected chi connectivity index (χ1v) is 45.6. The molecule has 0 aliphatic carbocycles. The van der Waals surface area contributed by atoms with Crippen LogP contribution in [0.15, 0.2) is 0 Å². The lowest BCUT2D eigenvalue weighted by molar-refractivity contribution is -0.142. The molecule has 0 radical (unpaired) electrons. The highest BCUT2D eigenvalue weighted by molar-refractivity contribution is 5.87. The number of nitrogens with one attached hydrogen (secondary N) is 1. The zero-order valence-corrected chi connectivity index (χ0v) is 77.2. The topological polar surface area (TPSA) is 633 Å². The molecule has 0 atom stereocenters. The molecule has 13 N–H and O–H groups in total. The first-order valence-electron chi connectivity index (χ1n) is 45.6. The maximum Gasteiger partial charge on any atom is 0.317 e. The third-order valence-electron chi connectivity index (χ3n) is 25.2. The lowest BCUT2D eigenvalue weighted by atomic mass is 10.1. The molecule has 7 heterocycles. The summed E-state index contributed by atoms with van der Waals surface area (Å²) in [6.07, 6.45) is 0. The number of likely N-dealkylation sites (N-methyl/N-ethyl adjacent to an activating group) is 1. The van der Waals surface area contributed by atoms with E-state index in [-0.39, 0.29) is 314 Å². The first kappa shape index (κ1) is 112. The van der Waals surface area contributed by atoms with Crippen molar-refractivity contribution in [3.63, 3.8) is 0 Å². The van der Waals surface area contributed by atoms with Crippen LogP contribution in [-0.4, -0.2) is 682 Å². The van der Waals surface area contributed by atoms with Gasteiger partial charge in [0, 0.05) is 294 Å². The fourth-order valence-corrected chi connectivity index (χ4v) is 17.7. The summed E-state index contributed by atoms with van der Waals surface area (Å²) in [4.78, 5) is 274. The van der Waals surface area contributed by atoms with Crippen LogP contribution in [-0.2, 0) is 86.3 Å². The Bertz CT molecular complexity index is 3400. The molecule has 0 aromatic heterocycles. The normalized spacial score (nSPS) is 21.4. The van der Waals surface area contributed by atoms with Crippen LogP contribution >= 0.6 is 0 Å². The molecule has 135 heavy (non-hydrogen) atoms. The summed E-state index contributed by atoms with van der Waals surface area (Å²) in [6, 6.07) is -0.736. The summed E-state index contributed by atoms with van der Waals surface area (Å²) in [6.45, 7) is -7.18. The minimum absolute atomic E-state index is 0.0411. The number of hydrogen-bond donors (Lipinski definition) is 13. The Morgan fingerprint density at radius 2 is 0.281 bits per heavy atom. The molecule has 7 saturated heterocycles. The first-order chi connectivity index (χ1) is 64.1. The Labute approximate surface area is 782 Å². The number of rotatable bonds is 35. The van der Waals surface area contributed by atoms with E-state index in [4.69, 9.17) is 0 Å². The van der Waals surface area contributed by atoms with E-state index >= 15 is 28.8 Å². The van der Waals surface area contributed by atoms with E-state index in [2.05, 4.69) is 5.32 Å². The minimum Gasteiger partial charge on any atom is -0.480 e. The molecule has 0 unspecified atom stereocenters. The Morgan fingerprint density at radius 3 is 0.393 bits per heavy atom. The van der Waals surface area contributed by atoms with Gasteiger partial charge in [-0.15, -0.1) is 0 Å². The average Bonchev–Trinajstić information content (AvgIpc) is 1.69. The molecular formula is C82H139N23O30.